The zero-order chi connectivity index (χ0) is 19.0. The minimum absolute atomic E-state index is 0.0151. The normalized spacial score (nSPS) is 26.5. The molecule has 3 atom stereocenters. The van der Waals surface area contributed by atoms with E-state index in [1.165, 1.54) is 50.0 Å². The number of carbonyl (C=O) groups is 1. The minimum atomic E-state index is 0.0151. The quantitative estimate of drug-likeness (QED) is 0.854. The van der Waals surface area contributed by atoms with Crippen LogP contribution in [0.3, 0.4) is 0 Å². The molecule has 5 nitrogen and oxygen atoms in total. The maximum atomic E-state index is 12.6. The average Bonchev–Trinajstić information content (AvgIpc) is 3.02. The molecule has 0 saturated carbocycles. The molecule has 3 aliphatic rings. The number of nitrogens with zero attached hydrogens (tertiary/aromatic N) is 3. The number of piperidine rings is 1. The van der Waals surface area contributed by atoms with Crippen LogP contribution in [0.15, 0.2) is 18.2 Å². The Balaban J connectivity index is 1.60. The molecule has 0 spiro atoms. The van der Waals surface area contributed by atoms with Crippen LogP contribution in [-0.2, 0) is 0 Å². The van der Waals surface area contributed by atoms with Gasteiger partial charge in [0, 0.05) is 31.6 Å². The molecule has 5 heteroatoms. The lowest BCUT2D eigenvalue weighted by molar-refractivity contribution is 0.106. The number of carbonyl (C=O) groups excluding carboxylic acids is 1. The first-order valence-corrected chi connectivity index (χ1v) is 10.9. The van der Waals surface area contributed by atoms with Crippen molar-refractivity contribution in [3.63, 3.8) is 0 Å². The van der Waals surface area contributed by atoms with Crippen LogP contribution in [0.2, 0.25) is 0 Å². The summed E-state index contributed by atoms with van der Waals surface area (Å²) < 4.78 is 0. The van der Waals surface area contributed by atoms with E-state index in [1.807, 2.05) is 18.7 Å². The third kappa shape index (κ3) is 3.20. The van der Waals surface area contributed by atoms with Crippen LogP contribution < -0.4 is 10.4 Å². The first-order chi connectivity index (χ1) is 13.2. The summed E-state index contributed by atoms with van der Waals surface area (Å²) in [6, 6.07) is 7.42. The minimum Gasteiger partial charge on any atom is -0.324 e. The largest absolute Gasteiger partial charge is 0.336 e. The lowest BCUT2D eigenvalue weighted by atomic mass is 9.70. The zero-order valence-electron chi connectivity index (χ0n) is 17.1. The van der Waals surface area contributed by atoms with Crippen molar-refractivity contribution in [3.05, 3.63) is 29.3 Å². The number of fused-ring (bicyclic) bond motifs is 2. The Labute approximate surface area is 163 Å². The van der Waals surface area contributed by atoms with Gasteiger partial charge in [-0.05, 0) is 75.7 Å². The topological polar surface area (TPSA) is 38.8 Å². The van der Waals surface area contributed by atoms with E-state index < -0.39 is 0 Å². The summed E-state index contributed by atoms with van der Waals surface area (Å²) in [5.74, 6) is 1.20. The van der Waals surface area contributed by atoms with Gasteiger partial charge in [-0.25, -0.2) is 10.2 Å². The molecule has 1 aromatic rings. The third-order valence-corrected chi connectivity index (χ3v) is 6.83. The summed E-state index contributed by atoms with van der Waals surface area (Å²) in [5, 5.41) is 2.12. The van der Waals surface area contributed by atoms with Gasteiger partial charge in [-0.3, -0.25) is 9.91 Å². The summed E-state index contributed by atoms with van der Waals surface area (Å²) in [4.78, 5) is 17.2. The van der Waals surface area contributed by atoms with E-state index in [9.17, 15) is 4.79 Å². The van der Waals surface area contributed by atoms with Crippen molar-refractivity contribution >= 4 is 11.7 Å². The molecule has 2 heterocycles. The molecule has 1 aromatic carbocycles. The van der Waals surface area contributed by atoms with E-state index in [2.05, 4.69) is 40.5 Å². The van der Waals surface area contributed by atoms with E-state index in [1.54, 1.807) is 5.56 Å². The van der Waals surface area contributed by atoms with Gasteiger partial charge >= 0.3 is 6.03 Å². The Bertz CT molecular complexity index is 685. The summed E-state index contributed by atoms with van der Waals surface area (Å²) in [5.41, 5.74) is 7.47. The number of amides is 2. The number of hydrazine groups is 1. The molecule has 27 heavy (non-hydrogen) atoms. The van der Waals surface area contributed by atoms with Gasteiger partial charge in [-0.2, -0.15) is 0 Å². The molecule has 0 aromatic heterocycles. The second-order valence-corrected chi connectivity index (χ2v) is 8.26. The van der Waals surface area contributed by atoms with Crippen molar-refractivity contribution in [2.24, 2.45) is 0 Å². The molecule has 1 N–H and O–H groups in total. The van der Waals surface area contributed by atoms with Crippen molar-refractivity contribution in [1.29, 1.82) is 0 Å². The van der Waals surface area contributed by atoms with Crippen molar-refractivity contribution in [1.82, 2.24) is 15.2 Å². The van der Waals surface area contributed by atoms with Gasteiger partial charge in [0.05, 0.1) is 5.69 Å². The van der Waals surface area contributed by atoms with Gasteiger partial charge < -0.3 is 4.90 Å². The number of benzene rings is 1. The summed E-state index contributed by atoms with van der Waals surface area (Å²) in [6.45, 7) is 11.2. The fraction of sp³-hybridized carbons (Fsp3) is 0.682. The van der Waals surface area contributed by atoms with E-state index in [4.69, 9.17) is 0 Å². The maximum absolute atomic E-state index is 12.6. The Hall–Kier alpha value is -1.75. The van der Waals surface area contributed by atoms with Gasteiger partial charge in [0.25, 0.3) is 0 Å². The zero-order valence-corrected chi connectivity index (χ0v) is 17.1. The number of hydrogen-bond donors (Lipinski definition) is 1. The number of hydrogen-bond acceptors (Lipinski definition) is 3. The van der Waals surface area contributed by atoms with Crippen LogP contribution in [0.1, 0.15) is 69.4 Å². The Kier molecular flexibility index (Phi) is 5.31. The lowest BCUT2D eigenvalue weighted by Crippen LogP contribution is -2.49. The molecule has 1 unspecified atom stereocenters. The van der Waals surface area contributed by atoms with Crippen molar-refractivity contribution < 1.29 is 4.79 Å². The molecule has 0 bridgehead atoms. The van der Waals surface area contributed by atoms with Crippen LogP contribution in [-0.4, -0.2) is 54.6 Å². The SMILES string of the molecule is CCCN1CCC[C@@H]2c3cccc4c3C(C[C@H]21)CN4NC(=O)N(CC)CC. The van der Waals surface area contributed by atoms with Crippen LogP contribution in [0, 0.1) is 0 Å². The van der Waals surface area contributed by atoms with Crippen LogP contribution in [0.25, 0.3) is 0 Å². The highest BCUT2D eigenvalue weighted by Gasteiger charge is 2.44. The molecule has 1 saturated heterocycles. The molecule has 1 aliphatic carbocycles. The summed E-state index contributed by atoms with van der Waals surface area (Å²) in [6.07, 6.45) is 5.07. The van der Waals surface area contributed by atoms with Gasteiger partial charge in [0.2, 0.25) is 0 Å². The van der Waals surface area contributed by atoms with E-state index in [0.717, 1.165) is 19.6 Å². The Morgan fingerprint density at radius 2 is 2.07 bits per heavy atom. The second kappa shape index (κ2) is 7.70. The van der Waals surface area contributed by atoms with Gasteiger partial charge in [-0.15, -0.1) is 0 Å². The van der Waals surface area contributed by atoms with E-state index in [0.29, 0.717) is 17.9 Å². The average molecular weight is 371 g/mol. The molecule has 4 rings (SSSR count). The number of likely N-dealkylation sites (tertiary alicyclic amines) is 1. The van der Waals surface area contributed by atoms with Crippen molar-refractivity contribution in [2.45, 2.75) is 64.3 Å². The Morgan fingerprint density at radius 3 is 2.81 bits per heavy atom. The molecule has 2 aliphatic heterocycles. The van der Waals surface area contributed by atoms with E-state index >= 15 is 0 Å². The Morgan fingerprint density at radius 1 is 1.26 bits per heavy atom. The highest BCUT2D eigenvalue weighted by molar-refractivity contribution is 5.78. The van der Waals surface area contributed by atoms with Gasteiger partial charge in [0.1, 0.15) is 0 Å². The molecule has 2 amide bonds. The highest BCUT2D eigenvalue weighted by atomic mass is 16.2. The van der Waals surface area contributed by atoms with Gasteiger partial charge in [-0.1, -0.05) is 19.1 Å². The predicted molar refractivity (Wildman–Crippen MR) is 110 cm³/mol. The first-order valence-electron chi connectivity index (χ1n) is 10.9. The number of nitrogens with one attached hydrogen (secondary N) is 1. The van der Waals surface area contributed by atoms with Crippen LogP contribution in [0.4, 0.5) is 10.5 Å². The standard InChI is InChI=1S/C22H34N4O/c1-4-12-25-13-8-10-17-18-9-7-11-19-21(18)16(14-20(17)25)15-26(19)23-22(27)24(5-2)6-3/h7,9,11,16-17,20H,4-6,8,10,12-15H2,1-3H3,(H,23,27)/t16?,17-,20-/m1/s1. The fourth-order valence-electron chi connectivity index (χ4n) is 5.64. The number of rotatable bonds is 5. The van der Waals surface area contributed by atoms with Crippen LogP contribution >= 0.6 is 0 Å². The summed E-state index contributed by atoms with van der Waals surface area (Å²) in [7, 11) is 0. The smallest absolute Gasteiger partial charge is 0.324 e. The van der Waals surface area contributed by atoms with Crippen molar-refractivity contribution in [2.75, 3.05) is 37.7 Å². The number of urea groups is 1. The summed E-state index contributed by atoms with van der Waals surface area (Å²) >= 11 is 0. The fourth-order valence-corrected chi connectivity index (χ4v) is 5.64. The molecule has 1 fully saturated rings. The monoisotopic (exact) mass is 370 g/mol. The number of anilines is 1. The molecule has 148 valence electrons. The van der Waals surface area contributed by atoms with E-state index in [-0.39, 0.29) is 6.03 Å². The third-order valence-electron chi connectivity index (χ3n) is 6.83. The predicted octanol–water partition coefficient (Wildman–Crippen LogP) is 3.92. The first kappa shape index (κ1) is 18.6. The second-order valence-electron chi connectivity index (χ2n) is 8.26. The maximum Gasteiger partial charge on any atom is 0.336 e. The molecular weight excluding hydrogens is 336 g/mol. The highest BCUT2D eigenvalue weighted by Crippen LogP contribution is 2.51. The van der Waals surface area contributed by atoms with Crippen LogP contribution in [0.5, 0.6) is 0 Å². The molecular formula is C22H34N4O. The lowest BCUT2D eigenvalue weighted by Gasteiger charge is -2.46. The van der Waals surface area contributed by atoms with Gasteiger partial charge in [0.15, 0.2) is 0 Å². The molecule has 0 radical (unpaired) electrons. The van der Waals surface area contributed by atoms with Crippen molar-refractivity contribution in [3.8, 4) is 0 Å².